The van der Waals surface area contributed by atoms with Crippen molar-refractivity contribution in [3.63, 3.8) is 0 Å². The number of benzene rings is 1. The van der Waals surface area contributed by atoms with Crippen molar-refractivity contribution in [2.45, 2.75) is 4.90 Å². The first-order valence-electron chi connectivity index (χ1n) is 4.63. The van der Waals surface area contributed by atoms with Crippen molar-refractivity contribution in [1.29, 1.82) is 0 Å². The van der Waals surface area contributed by atoms with Gasteiger partial charge in [-0.1, -0.05) is 15.9 Å². The van der Waals surface area contributed by atoms with E-state index in [4.69, 9.17) is 17.2 Å². The van der Waals surface area contributed by atoms with Gasteiger partial charge < -0.3 is 17.2 Å². The molecule has 0 aliphatic heterocycles. The summed E-state index contributed by atoms with van der Waals surface area (Å²) in [6.45, 7) is 0. The maximum absolute atomic E-state index is 11.6. The zero-order valence-electron chi connectivity index (χ0n) is 9.46. The van der Waals surface area contributed by atoms with E-state index in [9.17, 15) is 8.42 Å². The quantitative estimate of drug-likeness (QED) is 0.519. The van der Waals surface area contributed by atoms with Crippen LogP contribution in [0.5, 0.6) is 0 Å². The summed E-state index contributed by atoms with van der Waals surface area (Å²) in [6.07, 6.45) is 1.07. The molecule has 0 bridgehead atoms. The highest BCUT2D eigenvalue weighted by Gasteiger charge is 2.13. The Bertz CT molecular complexity index is 620. The van der Waals surface area contributed by atoms with Gasteiger partial charge >= 0.3 is 0 Å². The normalized spacial score (nSPS) is 12.2. The third-order valence-electron chi connectivity index (χ3n) is 1.80. The Hall–Kier alpha value is -1.61. The number of sulfone groups is 1. The lowest BCUT2D eigenvalue weighted by Crippen LogP contribution is -2.26. The van der Waals surface area contributed by atoms with Crippen LogP contribution in [0, 0.1) is 0 Å². The zero-order valence-corrected chi connectivity index (χ0v) is 11.9. The molecule has 0 spiro atoms. The van der Waals surface area contributed by atoms with Crippen LogP contribution in [0.3, 0.4) is 0 Å². The maximum atomic E-state index is 11.6. The lowest BCUT2D eigenvalue weighted by Gasteiger charge is -2.04. The number of rotatable bonds is 2. The van der Waals surface area contributed by atoms with E-state index in [2.05, 4.69) is 25.9 Å². The molecule has 0 radical (unpaired) electrons. The summed E-state index contributed by atoms with van der Waals surface area (Å²) in [7, 11) is -3.43. The highest BCUT2D eigenvalue weighted by molar-refractivity contribution is 9.10. The van der Waals surface area contributed by atoms with Crippen LogP contribution in [0.4, 0.5) is 5.69 Å². The Morgan fingerprint density at radius 1 is 1.28 bits per heavy atom. The topological polar surface area (TPSA) is 137 Å². The fraction of sp³-hybridized carbons (Fsp3) is 0.111. The molecule has 98 valence electrons. The molecule has 0 aliphatic rings. The van der Waals surface area contributed by atoms with Crippen molar-refractivity contribution in [1.82, 2.24) is 0 Å². The molecule has 0 aromatic heterocycles. The first-order chi connectivity index (χ1) is 8.20. The molecule has 0 saturated heterocycles. The Kier molecular flexibility index (Phi) is 4.30. The van der Waals surface area contributed by atoms with Crippen LogP contribution in [0.15, 0.2) is 37.6 Å². The van der Waals surface area contributed by atoms with E-state index in [1.54, 1.807) is 6.07 Å². The van der Waals surface area contributed by atoms with Crippen molar-refractivity contribution in [2.24, 2.45) is 27.2 Å². The minimum absolute atomic E-state index is 0.0330. The zero-order chi connectivity index (χ0) is 13.9. The van der Waals surface area contributed by atoms with Gasteiger partial charge in [-0.3, -0.25) is 0 Å². The standard InChI is InChI=1S/C9H12BrN5O2S/c1-18(16,17)7-4-5(10)2-3-6(7)14-9(13)15-8(11)12/h2-4H,1H3,(H6,11,12,13,14,15). The monoisotopic (exact) mass is 333 g/mol. The fourth-order valence-electron chi connectivity index (χ4n) is 1.16. The first kappa shape index (κ1) is 14.5. The van der Waals surface area contributed by atoms with Gasteiger partial charge in [-0.2, -0.15) is 4.99 Å². The molecule has 0 atom stereocenters. The summed E-state index contributed by atoms with van der Waals surface area (Å²) in [5, 5.41) is 0. The molecular formula is C9H12BrN5O2S. The second kappa shape index (κ2) is 5.36. The minimum atomic E-state index is -3.43. The minimum Gasteiger partial charge on any atom is -0.370 e. The van der Waals surface area contributed by atoms with E-state index in [1.165, 1.54) is 12.1 Å². The van der Waals surface area contributed by atoms with Crippen LogP contribution < -0.4 is 17.2 Å². The van der Waals surface area contributed by atoms with E-state index in [-0.39, 0.29) is 22.5 Å². The number of nitrogens with two attached hydrogens (primary N) is 3. The highest BCUT2D eigenvalue weighted by atomic mass is 79.9. The number of guanidine groups is 2. The first-order valence-corrected chi connectivity index (χ1v) is 7.32. The molecule has 0 amide bonds. The smallest absolute Gasteiger partial charge is 0.223 e. The summed E-state index contributed by atoms with van der Waals surface area (Å²) in [5.41, 5.74) is 15.9. The van der Waals surface area contributed by atoms with Gasteiger partial charge in [0, 0.05) is 10.7 Å². The van der Waals surface area contributed by atoms with Gasteiger partial charge in [0.15, 0.2) is 15.8 Å². The van der Waals surface area contributed by atoms with Gasteiger partial charge in [-0.25, -0.2) is 13.4 Å². The van der Waals surface area contributed by atoms with Crippen LogP contribution in [-0.2, 0) is 9.84 Å². The van der Waals surface area contributed by atoms with Crippen molar-refractivity contribution >= 4 is 43.4 Å². The van der Waals surface area contributed by atoms with Crippen LogP contribution in [-0.4, -0.2) is 26.6 Å². The average Bonchev–Trinajstić information content (AvgIpc) is 2.17. The predicted octanol–water partition coefficient (Wildman–Crippen LogP) is 0.0722. The summed E-state index contributed by atoms with van der Waals surface area (Å²) >= 11 is 3.18. The van der Waals surface area contributed by atoms with Crippen molar-refractivity contribution in [3.8, 4) is 0 Å². The number of halogens is 1. The van der Waals surface area contributed by atoms with E-state index in [1.807, 2.05) is 0 Å². The molecule has 6 N–H and O–H groups in total. The number of aliphatic imine (C=N–C) groups is 2. The summed E-state index contributed by atoms with van der Waals surface area (Å²) in [5.74, 6) is -0.475. The van der Waals surface area contributed by atoms with Crippen LogP contribution in [0.25, 0.3) is 0 Å². The molecule has 7 nitrogen and oxygen atoms in total. The van der Waals surface area contributed by atoms with Crippen molar-refractivity contribution in [2.75, 3.05) is 6.26 Å². The molecule has 1 rings (SSSR count). The summed E-state index contributed by atoms with van der Waals surface area (Å²) < 4.78 is 23.8. The lowest BCUT2D eigenvalue weighted by atomic mass is 10.3. The molecular weight excluding hydrogens is 322 g/mol. The average molecular weight is 334 g/mol. The Labute approximate surface area is 113 Å². The Balaban J connectivity index is 3.39. The molecule has 0 unspecified atom stereocenters. The third-order valence-corrected chi connectivity index (χ3v) is 3.42. The SMILES string of the molecule is CS(=O)(=O)c1cc(Br)ccc1N=C(N)N=C(N)N. The molecule has 9 heteroatoms. The molecule has 0 heterocycles. The molecule has 18 heavy (non-hydrogen) atoms. The largest absolute Gasteiger partial charge is 0.370 e. The third kappa shape index (κ3) is 4.00. The lowest BCUT2D eigenvalue weighted by molar-refractivity contribution is 0.602. The fourth-order valence-corrected chi connectivity index (χ4v) is 2.51. The van der Waals surface area contributed by atoms with Gasteiger partial charge in [0.1, 0.15) is 0 Å². The molecule has 1 aromatic carbocycles. The highest BCUT2D eigenvalue weighted by Crippen LogP contribution is 2.27. The van der Waals surface area contributed by atoms with Crippen LogP contribution >= 0.6 is 15.9 Å². The van der Waals surface area contributed by atoms with Crippen molar-refractivity contribution in [3.05, 3.63) is 22.7 Å². The van der Waals surface area contributed by atoms with Gasteiger partial charge in [0.05, 0.1) is 10.6 Å². The number of hydrogen-bond donors (Lipinski definition) is 3. The second-order valence-corrected chi connectivity index (χ2v) is 6.29. The van der Waals surface area contributed by atoms with E-state index in [0.717, 1.165) is 6.26 Å². The van der Waals surface area contributed by atoms with Crippen LogP contribution in [0.2, 0.25) is 0 Å². The van der Waals surface area contributed by atoms with Gasteiger partial charge in [-0.15, -0.1) is 0 Å². The van der Waals surface area contributed by atoms with E-state index >= 15 is 0 Å². The Morgan fingerprint density at radius 3 is 2.39 bits per heavy atom. The molecule has 1 aromatic rings. The van der Waals surface area contributed by atoms with Gasteiger partial charge in [-0.05, 0) is 18.2 Å². The van der Waals surface area contributed by atoms with Crippen molar-refractivity contribution < 1.29 is 8.42 Å². The maximum Gasteiger partial charge on any atom is 0.223 e. The number of hydrogen-bond acceptors (Lipinski definition) is 3. The van der Waals surface area contributed by atoms with Crippen LogP contribution in [0.1, 0.15) is 0 Å². The summed E-state index contributed by atoms with van der Waals surface area (Å²) in [4.78, 5) is 7.40. The predicted molar refractivity (Wildman–Crippen MR) is 74.3 cm³/mol. The van der Waals surface area contributed by atoms with E-state index in [0.29, 0.717) is 4.47 Å². The van der Waals surface area contributed by atoms with Gasteiger partial charge in [0.2, 0.25) is 5.96 Å². The Morgan fingerprint density at radius 2 is 1.89 bits per heavy atom. The van der Waals surface area contributed by atoms with Gasteiger partial charge in [0.25, 0.3) is 0 Å². The van der Waals surface area contributed by atoms with E-state index < -0.39 is 9.84 Å². The molecule has 0 fully saturated rings. The molecule has 0 aliphatic carbocycles. The second-order valence-electron chi connectivity index (χ2n) is 3.39. The summed E-state index contributed by atoms with van der Waals surface area (Å²) in [6, 6.07) is 4.56. The molecule has 0 saturated carbocycles. The number of nitrogens with zero attached hydrogens (tertiary/aromatic N) is 2.